The van der Waals surface area contributed by atoms with Gasteiger partial charge in [-0.1, -0.05) is 11.8 Å². The third-order valence-corrected chi connectivity index (χ3v) is 7.27. The molecule has 0 radical (unpaired) electrons. The number of ether oxygens (including phenoxy) is 1. The van der Waals surface area contributed by atoms with Crippen molar-refractivity contribution in [1.82, 2.24) is 9.88 Å². The quantitative estimate of drug-likeness (QED) is 0.260. The van der Waals surface area contributed by atoms with Crippen LogP contribution in [0.2, 0.25) is 0 Å². The van der Waals surface area contributed by atoms with E-state index in [9.17, 15) is 23.1 Å². The summed E-state index contributed by atoms with van der Waals surface area (Å²) in [6.45, 7) is 1.58. The summed E-state index contributed by atoms with van der Waals surface area (Å²) in [4.78, 5) is 17.9. The summed E-state index contributed by atoms with van der Waals surface area (Å²) in [5.74, 6) is 5.50. The Morgan fingerprint density at radius 2 is 1.95 bits per heavy atom. The average Bonchev–Trinajstić information content (AvgIpc) is 2.91. The average molecular weight is 543 g/mol. The number of hydrogen-bond donors (Lipinski definition) is 1. The first-order valence-corrected chi connectivity index (χ1v) is 12.8. The number of carboxylic acids is 1. The lowest BCUT2D eigenvalue weighted by molar-refractivity contribution is -0.139. The largest absolute Gasteiger partial charge is 0.497 e. The molecule has 1 aliphatic heterocycles. The number of alkyl halides is 4. The predicted molar refractivity (Wildman–Crippen MR) is 140 cm³/mol. The Morgan fingerprint density at radius 1 is 1.18 bits per heavy atom. The number of carbonyl (C=O) groups is 1. The van der Waals surface area contributed by atoms with Gasteiger partial charge in [-0.15, -0.1) is 0 Å². The van der Waals surface area contributed by atoms with Crippen LogP contribution >= 0.6 is 0 Å². The highest BCUT2D eigenvalue weighted by Crippen LogP contribution is 2.36. The molecule has 3 atom stereocenters. The van der Waals surface area contributed by atoms with Gasteiger partial charge in [-0.3, -0.25) is 14.7 Å². The Labute approximate surface area is 224 Å². The van der Waals surface area contributed by atoms with Crippen LogP contribution in [-0.2, 0) is 11.0 Å². The van der Waals surface area contributed by atoms with Crippen molar-refractivity contribution in [2.45, 2.75) is 38.0 Å². The molecule has 2 heterocycles. The number of likely N-dealkylation sites (tertiary alicyclic amines) is 1. The Bertz CT molecular complexity index is 1350. The van der Waals surface area contributed by atoms with Gasteiger partial charge in [0.1, 0.15) is 11.9 Å². The lowest BCUT2D eigenvalue weighted by Gasteiger charge is -2.37. The second-order valence-electron chi connectivity index (χ2n) is 9.85. The molecule has 1 fully saturated rings. The molecule has 1 aliphatic rings. The van der Waals surface area contributed by atoms with Crippen molar-refractivity contribution in [2.24, 2.45) is 11.8 Å². The smallest absolute Gasteiger partial charge is 0.416 e. The second kappa shape index (κ2) is 12.5. The van der Waals surface area contributed by atoms with Gasteiger partial charge < -0.3 is 9.84 Å². The minimum atomic E-state index is -4.39. The fourth-order valence-electron chi connectivity index (χ4n) is 5.19. The van der Waals surface area contributed by atoms with Gasteiger partial charge in [-0.25, -0.2) is 4.39 Å². The Hall–Kier alpha value is -3.64. The van der Waals surface area contributed by atoms with E-state index in [1.807, 2.05) is 0 Å². The summed E-state index contributed by atoms with van der Waals surface area (Å²) in [5.41, 5.74) is 0.990. The first-order chi connectivity index (χ1) is 18.6. The molecule has 206 valence electrons. The highest BCUT2D eigenvalue weighted by molar-refractivity contribution is 5.83. The van der Waals surface area contributed by atoms with E-state index in [1.54, 1.807) is 37.6 Å². The third-order valence-electron chi connectivity index (χ3n) is 7.27. The second-order valence-corrected chi connectivity index (χ2v) is 9.85. The molecule has 4 rings (SSSR count). The van der Waals surface area contributed by atoms with Crippen LogP contribution in [0, 0.1) is 23.7 Å². The monoisotopic (exact) mass is 542 g/mol. The molecular weight excluding hydrogens is 512 g/mol. The van der Waals surface area contributed by atoms with E-state index < -0.39 is 23.9 Å². The predicted octanol–water partition coefficient (Wildman–Crippen LogP) is 6.52. The zero-order valence-corrected chi connectivity index (χ0v) is 21.5. The number of methoxy groups -OCH3 is 1. The molecule has 2 aromatic carbocycles. The van der Waals surface area contributed by atoms with Gasteiger partial charge in [0.2, 0.25) is 0 Å². The van der Waals surface area contributed by atoms with Crippen molar-refractivity contribution >= 4 is 16.9 Å². The number of aromatic nitrogens is 1. The molecule has 9 heteroatoms. The Kier molecular flexibility index (Phi) is 9.08. The van der Waals surface area contributed by atoms with Crippen LogP contribution in [0.5, 0.6) is 5.75 Å². The highest BCUT2D eigenvalue weighted by Gasteiger charge is 2.32. The maximum atomic E-state index is 15.5. The van der Waals surface area contributed by atoms with Crippen LogP contribution in [0.15, 0.2) is 54.7 Å². The van der Waals surface area contributed by atoms with Gasteiger partial charge in [-0.2, -0.15) is 13.2 Å². The summed E-state index contributed by atoms with van der Waals surface area (Å²) < 4.78 is 59.0. The molecule has 0 aliphatic carbocycles. The van der Waals surface area contributed by atoms with E-state index in [0.717, 1.165) is 18.6 Å². The van der Waals surface area contributed by atoms with Crippen LogP contribution in [-0.4, -0.2) is 47.7 Å². The molecule has 0 spiro atoms. The fraction of sp³-hybridized carbons (Fsp3) is 0.400. The van der Waals surface area contributed by atoms with Crippen molar-refractivity contribution in [2.75, 3.05) is 26.7 Å². The van der Waals surface area contributed by atoms with Crippen molar-refractivity contribution in [3.05, 3.63) is 71.4 Å². The molecule has 1 unspecified atom stereocenters. The summed E-state index contributed by atoms with van der Waals surface area (Å²) in [7, 11) is 1.55. The van der Waals surface area contributed by atoms with Gasteiger partial charge >= 0.3 is 12.1 Å². The van der Waals surface area contributed by atoms with Crippen LogP contribution < -0.4 is 4.74 Å². The highest BCUT2D eigenvalue weighted by atomic mass is 19.4. The minimum Gasteiger partial charge on any atom is -0.497 e. The maximum Gasteiger partial charge on any atom is 0.416 e. The molecule has 0 bridgehead atoms. The number of rotatable bonds is 8. The summed E-state index contributed by atoms with van der Waals surface area (Å²) in [5, 5.41) is 10.2. The zero-order chi connectivity index (χ0) is 28.0. The van der Waals surface area contributed by atoms with Crippen molar-refractivity contribution in [3.63, 3.8) is 0 Å². The first kappa shape index (κ1) is 28.4. The van der Waals surface area contributed by atoms with E-state index in [4.69, 9.17) is 4.74 Å². The number of fused-ring (bicyclic) bond motifs is 1. The third kappa shape index (κ3) is 7.48. The van der Waals surface area contributed by atoms with Gasteiger partial charge in [-0.05, 0) is 91.7 Å². The number of nitrogens with zero attached hydrogens (tertiary/aromatic N) is 2. The molecule has 0 saturated carbocycles. The number of benzene rings is 2. The van der Waals surface area contributed by atoms with Gasteiger partial charge in [0, 0.05) is 30.1 Å². The lowest BCUT2D eigenvalue weighted by Crippen LogP contribution is -2.41. The SMILES string of the molecule is COc1ccc2nccc(C(F)CC[C@@H]3CCN(CC#Cc4ccc(C(F)(F)F)cc4)C[C@@H]3CC(=O)O)c2c1. The summed E-state index contributed by atoms with van der Waals surface area (Å²) in [6.07, 6.45) is -2.49. The number of carboxylic acid groups (broad SMARTS) is 1. The number of aliphatic carboxylic acids is 1. The van der Waals surface area contributed by atoms with Crippen molar-refractivity contribution < 1.29 is 32.2 Å². The first-order valence-electron chi connectivity index (χ1n) is 12.8. The molecule has 3 aromatic rings. The van der Waals surface area contributed by atoms with Crippen LogP contribution in [0.3, 0.4) is 0 Å². The van der Waals surface area contributed by atoms with Crippen LogP contribution in [0.1, 0.15) is 48.5 Å². The lowest BCUT2D eigenvalue weighted by atomic mass is 9.79. The maximum absolute atomic E-state index is 15.5. The molecule has 1 N–H and O–H groups in total. The Balaban J connectivity index is 1.37. The topological polar surface area (TPSA) is 62.7 Å². The molecule has 1 saturated heterocycles. The normalized spacial score (nSPS) is 18.8. The molecule has 0 amide bonds. The molecular formula is C30H30F4N2O3. The van der Waals surface area contributed by atoms with Crippen molar-refractivity contribution in [1.29, 1.82) is 0 Å². The van der Waals surface area contributed by atoms with E-state index >= 15 is 4.39 Å². The van der Waals surface area contributed by atoms with E-state index in [0.29, 0.717) is 53.8 Å². The Morgan fingerprint density at radius 3 is 2.64 bits per heavy atom. The fourth-order valence-corrected chi connectivity index (χ4v) is 5.19. The number of piperidine rings is 1. The summed E-state index contributed by atoms with van der Waals surface area (Å²) >= 11 is 0. The van der Waals surface area contributed by atoms with Gasteiger partial charge in [0.05, 0.1) is 24.7 Å². The minimum absolute atomic E-state index is 0.0140. The standard InChI is InChI=1S/C30H30F4N2O3/c1-39-24-9-11-28-26(18-24)25(12-14-35-28)27(31)10-6-21-13-16-36(19-22(21)17-29(37)38)15-2-3-20-4-7-23(8-5-20)30(32,33)34/h4-5,7-9,11-12,14,18,21-22,27H,6,10,13,15-17,19H2,1H3,(H,37,38)/t21-,22+,27?/m1/s1. The molecule has 39 heavy (non-hydrogen) atoms. The van der Waals surface area contributed by atoms with Crippen LogP contribution in [0.4, 0.5) is 17.6 Å². The van der Waals surface area contributed by atoms with E-state index in [-0.39, 0.29) is 24.7 Å². The van der Waals surface area contributed by atoms with E-state index in [2.05, 4.69) is 21.7 Å². The summed E-state index contributed by atoms with van der Waals surface area (Å²) in [6, 6.07) is 11.7. The number of halogens is 4. The van der Waals surface area contributed by atoms with Gasteiger partial charge in [0.15, 0.2) is 0 Å². The zero-order valence-electron chi connectivity index (χ0n) is 21.5. The van der Waals surface area contributed by atoms with Crippen LogP contribution in [0.25, 0.3) is 10.9 Å². The molecule has 1 aromatic heterocycles. The number of pyridine rings is 1. The van der Waals surface area contributed by atoms with Crippen molar-refractivity contribution in [3.8, 4) is 17.6 Å². The van der Waals surface area contributed by atoms with Gasteiger partial charge in [0.25, 0.3) is 0 Å². The van der Waals surface area contributed by atoms with E-state index in [1.165, 1.54) is 12.1 Å². The molecule has 5 nitrogen and oxygen atoms in total. The number of hydrogen-bond acceptors (Lipinski definition) is 4.